The largest absolute Gasteiger partial charge is 0.377 e. The molecule has 1 aromatic rings. The summed E-state index contributed by atoms with van der Waals surface area (Å²) in [6.45, 7) is 6.15. The SMILES string of the molecule is C=CCOCC1CCN(C(=O)c2cccc([N+](=O)[O-])c2)CC1. The van der Waals surface area contributed by atoms with Crippen LogP contribution in [0.5, 0.6) is 0 Å². The van der Waals surface area contributed by atoms with Gasteiger partial charge < -0.3 is 9.64 Å². The summed E-state index contributed by atoms with van der Waals surface area (Å²) in [6.07, 6.45) is 3.50. The van der Waals surface area contributed by atoms with Gasteiger partial charge in [-0.05, 0) is 24.8 Å². The van der Waals surface area contributed by atoms with E-state index in [1.807, 2.05) is 0 Å². The summed E-state index contributed by atoms with van der Waals surface area (Å²) in [4.78, 5) is 24.4. The predicted octanol–water partition coefficient (Wildman–Crippen LogP) is 2.65. The van der Waals surface area contributed by atoms with Gasteiger partial charge in [-0.3, -0.25) is 14.9 Å². The monoisotopic (exact) mass is 304 g/mol. The third-order valence-corrected chi connectivity index (χ3v) is 3.79. The van der Waals surface area contributed by atoms with Crippen molar-refractivity contribution in [2.45, 2.75) is 12.8 Å². The van der Waals surface area contributed by atoms with Gasteiger partial charge >= 0.3 is 0 Å². The summed E-state index contributed by atoms with van der Waals surface area (Å²) in [5.74, 6) is 0.309. The van der Waals surface area contributed by atoms with E-state index in [0.717, 1.165) is 12.8 Å². The molecule has 1 heterocycles. The Labute approximate surface area is 129 Å². The van der Waals surface area contributed by atoms with Crippen molar-refractivity contribution in [2.24, 2.45) is 5.92 Å². The summed E-state index contributed by atoms with van der Waals surface area (Å²) in [5, 5.41) is 10.8. The summed E-state index contributed by atoms with van der Waals surface area (Å²) in [6, 6.07) is 5.89. The van der Waals surface area contributed by atoms with Gasteiger partial charge in [0.1, 0.15) is 0 Å². The Morgan fingerprint density at radius 1 is 1.45 bits per heavy atom. The molecule has 0 atom stereocenters. The number of likely N-dealkylation sites (tertiary alicyclic amines) is 1. The molecule has 0 aliphatic carbocycles. The zero-order valence-corrected chi connectivity index (χ0v) is 12.4. The fourth-order valence-corrected chi connectivity index (χ4v) is 2.56. The maximum atomic E-state index is 12.4. The summed E-state index contributed by atoms with van der Waals surface area (Å²) < 4.78 is 5.45. The zero-order chi connectivity index (χ0) is 15.9. The number of nitrogens with zero attached hydrogens (tertiary/aromatic N) is 2. The van der Waals surface area contributed by atoms with E-state index >= 15 is 0 Å². The van der Waals surface area contributed by atoms with Crippen LogP contribution in [0.1, 0.15) is 23.2 Å². The average molecular weight is 304 g/mol. The van der Waals surface area contributed by atoms with Crippen molar-refractivity contribution in [2.75, 3.05) is 26.3 Å². The minimum Gasteiger partial charge on any atom is -0.377 e. The van der Waals surface area contributed by atoms with Gasteiger partial charge in [-0.25, -0.2) is 0 Å². The zero-order valence-electron chi connectivity index (χ0n) is 12.4. The molecule has 6 heteroatoms. The van der Waals surface area contributed by atoms with Crippen LogP contribution in [0.4, 0.5) is 5.69 Å². The Kier molecular flexibility index (Phi) is 5.66. The van der Waals surface area contributed by atoms with Crippen molar-refractivity contribution in [1.29, 1.82) is 0 Å². The maximum absolute atomic E-state index is 12.4. The highest BCUT2D eigenvalue weighted by molar-refractivity contribution is 5.94. The summed E-state index contributed by atoms with van der Waals surface area (Å²) >= 11 is 0. The lowest BCUT2D eigenvalue weighted by Gasteiger charge is -2.31. The van der Waals surface area contributed by atoms with Crippen LogP contribution in [0.2, 0.25) is 0 Å². The molecule has 1 fully saturated rings. The molecule has 1 aliphatic heterocycles. The minimum atomic E-state index is -0.486. The lowest BCUT2D eigenvalue weighted by Crippen LogP contribution is -2.39. The van der Waals surface area contributed by atoms with Gasteiger partial charge in [0.15, 0.2) is 0 Å². The lowest BCUT2D eigenvalue weighted by atomic mass is 9.97. The standard InChI is InChI=1S/C16H20N2O4/c1-2-10-22-12-13-6-8-17(9-7-13)16(19)14-4-3-5-15(11-14)18(20)21/h2-5,11,13H,1,6-10,12H2. The Hall–Kier alpha value is -2.21. The molecule has 0 spiro atoms. The number of nitro benzene ring substituents is 1. The molecule has 0 aromatic heterocycles. The van der Waals surface area contributed by atoms with Crippen LogP contribution in [0.3, 0.4) is 0 Å². The third kappa shape index (κ3) is 4.14. The molecular weight excluding hydrogens is 284 g/mol. The molecular formula is C16H20N2O4. The normalized spacial score (nSPS) is 15.5. The van der Waals surface area contributed by atoms with E-state index in [9.17, 15) is 14.9 Å². The molecule has 0 radical (unpaired) electrons. The molecule has 6 nitrogen and oxygen atoms in total. The van der Waals surface area contributed by atoms with Gasteiger partial charge in [0.2, 0.25) is 0 Å². The van der Waals surface area contributed by atoms with Gasteiger partial charge in [-0.15, -0.1) is 6.58 Å². The number of hydrogen-bond acceptors (Lipinski definition) is 4. The van der Waals surface area contributed by atoms with E-state index in [-0.39, 0.29) is 11.6 Å². The molecule has 1 aliphatic rings. The van der Waals surface area contributed by atoms with Crippen molar-refractivity contribution in [1.82, 2.24) is 4.90 Å². The van der Waals surface area contributed by atoms with E-state index < -0.39 is 4.92 Å². The first-order valence-electron chi connectivity index (χ1n) is 7.34. The van der Waals surface area contributed by atoms with Crippen LogP contribution in [-0.4, -0.2) is 42.0 Å². The van der Waals surface area contributed by atoms with E-state index in [1.54, 1.807) is 23.1 Å². The van der Waals surface area contributed by atoms with Crippen LogP contribution in [-0.2, 0) is 4.74 Å². The van der Waals surface area contributed by atoms with Crippen molar-refractivity contribution in [3.05, 3.63) is 52.6 Å². The fourth-order valence-electron chi connectivity index (χ4n) is 2.56. The maximum Gasteiger partial charge on any atom is 0.270 e. The number of ether oxygens (including phenoxy) is 1. The molecule has 1 aromatic carbocycles. The first kappa shape index (κ1) is 16.2. The number of non-ortho nitro benzene ring substituents is 1. The number of carbonyl (C=O) groups excluding carboxylic acids is 1. The van der Waals surface area contributed by atoms with Crippen LogP contribution >= 0.6 is 0 Å². The number of amides is 1. The molecule has 22 heavy (non-hydrogen) atoms. The number of rotatable bonds is 6. The Morgan fingerprint density at radius 2 is 2.18 bits per heavy atom. The van der Waals surface area contributed by atoms with E-state index in [1.165, 1.54) is 12.1 Å². The van der Waals surface area contributed by atoms with Gasteiger partial charge in [-0.1, -0.05) is 12.1 Å². The molecule has 118 valence electrons. The van der Waals surface area contributed by atoms with Crippen molar-refractivity contribution >= 4 is 11.6 Å². The molecule has 0 N–H and O–H groups in total. The van der Waals surface area contributed by atoms with Crippen LogP contribution in [0.15, 0.2) is 36.9 Å². The van der Waals surface area contributed by atoms with Gasteiger partial charge in [-0.2, -0.15) is 0 Å². The smallest absolute Gasteiger partial charge is 0.270 e. The minimum absolute atomic E-state index is 0.0569. The molecule has 1 saturated heterocycles. The van der Waals surface area contributed by atoms with Crippen molar-refractivity contribution in [3.63, 3.8) is 0 Å². The van der Waals surface area contributed by atoms with Crippen molar-refractivity contribution in [3.8, 4) is 0 Å². The highest BCUT2D eigenvalue weighted by atomic mass is 16.6. The van der Waals surface area contributed by atoms with E-state index in [0.29, 0.717) is 37.8 Å². The molecule has 1 amide bonds. The summed E-state index contributed by atoms with van der Waals surface area (Å²) in [7, 11) is 0. The van der Waals surface area contributed by atoms with E-state index in [4.69, 9.17) is 4.74 Å². The second-order valence-corrected chi connectivity index (χ2v) is 5.37. The average Bonchev–Trinajstić information content (AvgIpc) is 2.55. The highest BCUT2D eigenvalue weighted by Crippen LogP contribution is 2.21. The van der Waals surface area contributed by atoms with E-state index in [2.05, 4.69) is 6.58 Å². The number of hydrogen-bond donors (Lipinski definition) is 0. The topological polar surface area (TPSA) is 72.7 Å². The number of piperidine rings is 1. The lowest BCUT2D eigenvalue weighted by molar-refractivity contribution is -0.384. The van der Waals surface area contributed by atoms with Crippen LogP contribution in [0.25, 0.3) is 0 Å². The van der Waals surface area contributed by atoms with Gasteiger partial charge in [0.05, 0.1) is 11.5 Å². The second kappa shape index (κ2) is 7.70. The Bertz CT molecular complexity index is 551. The molecule has 0 unspecified atom stereocenters. The number of carbonyl (C=O) groups is 1. The van der Waals surface area contributed by atoms with Crippen LogP contribution < -0.4 is 0 Å². The molecule has 0 bridgehead atoms. The van der Waals surface area contributed by atoms with Crippen LogP contribution in [0, 0.1) is 16.0 Å². The molecule has 0 saturated carbocycles. The summed E-state index contributed by atoms with van der Waals surface area (Å²) in [5.41, 5.74) is 0.314. The number of nitro groups is 1. The predicted molar refractivity (Wildman–Crippen MR) is 82.7 cm³/mol. The second-order valence-electron chi connectivity index (χ2n) is 5.37. The third-order valence-electron chi connectivity index (χ3n) is 3.79. The first-order valence-corrected chi connectivity index (χ1v) is 7.34. The van der Waals surface area contributed by atoms with Gasteiger partial charge in [0.25, 0.3) is 11.6 Å². The Balaban J connectivity index is 1.91. The number of benzene rings is 1. The highest BCUT2D eigenvalue weighted by Gasteiger charge is 2.24. The first-order chi connectivity index (χ1) is 10.6. The fraction of sp³-hybridized carbons (Fsp3) is 0.438. The van der Waals surface area contributed by atoms with Gasteiger partial charge in [0, 0.05) is 37.4 Å². The Morgan fingerprint density at radius 3 is 2.82 bits per heavy atom. The quantitative estimate of drug-likeness (QED) is 0.350. The van der Waals surface area contributed by atoms with Crippen molar-refractivity contribution < 1.29 is 14.5 Å². The molecule has 2 rings (SSSR count).